The lowest BCUT2D eigenvalue weighted by molar-refractivity contribution is -0.894. The zero-order chi connectivity index (χ0) is 10.5. The molecule has 13 heavy (non-hydrogen) atoms. The van der Waals surface area contributed by atoms with Crippen molar-refractivity contribution >= 4 is 0 Å². The third-order valence-electron chi connectivity index (χ3n) is 2.92. The summed E-state index contributed by atoms with van der Waals surface area (Å²) in [5.41, 5.74) is 0. The molecule has 0 amide bonds. The van der Waals surface area contributed by atoms with Crippen LogP contribution in [-0.2, 0) is 0 Å². The molecule has 2 heteroatoms. The number of hydrogen-bond donors (Lipinski definition) is 1. The van der Waals surface area contributed by atoms with E-state index < -0.39 is 0 Å². The predicted octanol–water partition coefficient (Wildman–Crippen LogP) is 1.88. The summed E-state index contributed by atoms with van der Waals surface area (Å²) in [5, 5.41) is 8.71. The molecule has 0 aromatic heterocycles. The normalized spacial score (nSPS) is 17.1. The van der Waals surface area contributed by atoms with Crippen LogP contribution >= 0.6 is 0 Å². The van der Waals surface area contributed by atoms with Crippen LogP contribution in [0, 0.1) is 5.92 Å². The lowest BCUT2D eigenvalue weighted by Crippen LogP contribution is -2.43. The van der Waals surface area contributed by atoms with Gasteiger partial charge in [-0.05, 0) is 25.7 Å². The average Bonchev–Trinajstić information content (AvgIpc) is 1.99. The Morgan fingerprint density at radius 3 is 2.08 bits per heavy atom. The van der Waals surface area contributed by atoms with Gasteiger partial charge in [-0.15, -0.1) is 0 Å². The van der Waals surface area contributed by atoms with E-state index in [9.17, 15) is 0 Å². The molecule has 0 spiro atoms. The van der Waals surface area contributed by atoms with Gasteiger partial charge in [0.25, 0.3) is 0 Å². The molecule has 0 saturated heterocycles. The standard InChI is InChI=1S/C11H26NO/c1-10(7-6-8-13)9-11(2)12(3,4)5/h10-11,13H,6-9H2,1-5H3/q+1. The second-order valence-electron chi connectivity index (χ2n) is 5.17. The van der Waals surface area contributed by atoms with Crippen molar-refractivity contribution in [1.82, 2.24) is 0 Å². The minimum absolute atomic E-state index is 0.336. The molecule has 0 radical (unpaired) electrons. The third-order valence-corrected chi connectivity index (χ3v) is 2.92. The maximum atomic E-state index is 8.71. The molecule has 0 rings (SSSR count). The minimum Gasteiger partial charge on any atom is -0.396 e. The van der Waals surface area contributed by atoms with E-state index in [1.165, 1.54) is 6.42 Å². The Hall–Kier alpha value is -0.0800. The van der Waals surface area contributed by atoms with Crippen LogP contribution in [-0.4, -0.2) is 43.4 Å². The van der Waals surface area contributed by atoms with Gasteiger partial charge in [0.05, 0.1) is 27.2 Å². The number of aliphatic hydroxyl groups excluding tert-OH is 1. The van der Waals surface area contributed by atoms with E-state index in [0.717, 1.165) is 23.2 Å². The summed E-state index contributed by atoms with van der Waals surface area (Å²) in [7, 11) is 6.72. The summed E-state index contributed by atoms with van der Waals surface area (Å²) in [6.45, 7) is 4.92. The van der Waals surface area contributed by atoms with Crippen LogP contribution in [0.3, 0.4) is 0 Å². The van der Waals surface area contributed by atoms with E-state index in [4.69, 9.17) is 5.11 Å². The van der Waals surface area contributed by atoms with Gasteiger partial charge in [0, 0.05) is 13.0 Å². The molecule has 0 aliphatic heterocycles. The first-order chi connectivity index (χ1) is 5.88. The van der Waals surface area contributed by atoms with Gasteiger partial charge < -0.3 is 9.59 Å². The van der Waals surface area contributed by atoms with Crippen molar-refractivity contribution in [3.63, 3.8) is 0 Å². The third kappa shape index (κ3) is 6.05. The van der Waals surface area contributed by atoms with Gasteiger partial charge in [0.1, 0.15) is 0 Å². The molecular formula is C11H26NO+. The van der Waals surface area contributed by atoms with Crippen LogP contribution in [0.5, 0.6) is 0 Å². The molecule has 2 atom stereocenters. The fourth-order valence-electron chi connectivity index (χ4n) is 1.46. The molecule has 2 unspecified atom stereocenters. The van der Waals surface area contributed by atoms with Crippen molar-refractivity contribution in [2.45, 2.75) is 39.2 Å². The van der Waals surface area contributed by atoms with Gasteiger partial charge in [-0.1, -0.05) is 6.92 Å². The van der Waals surface area contributed by atoms with Crippen LogP contribution in [0.2, 0.25) is 0 Å². The van der Waals surface area contributed by atoms with E-state index in [1.54, 1.807) is 0 Å². The molecule has 80 valence electrons. The predicted molar refractivity (Wildman–Crippen MR) is 57.6 cm³/mol. The van der Waals surface area contributed by atoms with Crippen LogP contribution in [0.4, 0.5) is 0 Å². The summed E-state index contributed by atoms with van der Waals surface area (Å²) in [6.07, 6.45) is 3.36. The van der Waals surface area contributed by atoms with Gasteiger partial charge >= 0.3 is 0 Å². The Balaban J connectivity index is 3.71. The molecule has 0 aromatic rings. The van der Waals surface area contributed by atoms with Crippen molar-refractivity contribution in [3.8, 4) is 0 Å². The summed E-state index contributed by atoms with van der Waals surface area (Å²) in [4.78, 5) is 0. The van der Waals surface area contributed by atoms with Crippen molar-refractivity contribution in [2.24, 2.45) is 5.92 Å². The molecule has 1 N–H and O–H groups in total. The van der Waals surface area contributed by atoms with Gasteiger partial charge in [0.15, 0.2) is 0 Å². The molecule has 0 aliphatic carbocycles. The zero-order valence-corrected chi connectivity index (χ0v) is 9.88. The van der Waals surface area contributed by atoms with E-state index in [1.807, 2.05) is 0 Å². The van der Waals surface area contributed by atoms with Crippen molar-refractivity contribution in [1.29, 1.82) is 0 Å². The van der Waals surface area contributed by atoms with E-state index in [2.05, 4.69) is 35.0 Å². The molecular weight excluding hydrogens is 162 g/mol. The lowest BCUT2D eigenvalue weighted by atomic mass is 9.96. The van der Waals surface area contributed by atoms with E-state index in [0.29, 0.717) is 12.6 Å². The number of aliphatic hydroxyl groups is 1. The van der Waals surface area contributed by atoms with Gasteiger partial charge in [-0.2, -0.15) is 0 Å². The second-order valence-corrected chi connectivity index (χ2v) is 5.17. The minimum atomic E-state index is 0.336. The van der Waals surface area contributed by atoms with Crippen LogP contribution in [0.1, 0.15) is 33.1 Å². The number of nitrogens with zero attached hydrogens (tertiary/aromatic N) is 1. The molecule has 0 heterocycles. The highest BCUT2D eigenvalue weighted by Crippen LogP contribution is 2.17. The van der Waals surface area contributed by atoms with Crippen molar-refractivity contribution in [2.75, 3.05) is 27.7 Å². The van der Waals surface area contributed by atoms with Gasteiger partial charge in [-0.25, -0.2) is 0 Å². The van der Waals surface area contributed by atoms with Gasteiger partial charge in [0.2, 0.25) is 0 Å². The highest BCUT2D eigenvalue weighted by Gasteiger charge is 2.20. The highest BCUT2D eigenvalue weighted by atomic mass is 16.2. The lowest BCUT2D eigenvalue weighted by Gasteiger charge is -2.33. The number of quaternary nitrogens is 1. The fourth-order valence-corrected chi connectivity index (χ4v) is 1.46. The molecule has 0 saturated carbocycles. The van der Waals surface area contributed by atoms with E-state index >= 15 is 0 Å². The average molecular weight is 188 g/mol. The summed E-state index contributed by atoms with van der Waals surface area (Å²) in [6, 6.07) is 0.702. The second kappa shape index (κ2) is 5.61. The molecule has 0 bridgehead atoms. The molecule has 2 nitrogen and oxygen atoms in total. The number of rotatable bonds is 6. The molecule has 0 aliphatic rings. The Morgan fingerprint density at radius 2 is 1.69 bits per heavy atom. The SMILES string of the molecule is CC(CCCO)CC(C)[N+](C)(C)C. The Bertz CT molecular complexity index is 129. The molecule has 0 aromatic carbocycles. The maximum Gasteiger partial charge on any atom is 0.0858 e. The fraction of sp³-hybridized carbons (Fsp3) is 1.00. The van der Waals surface area contributed by atoms with Crippen molar-refractivity contribution < 1.29 is 9.59 Å². The van der Waals surface area contributed by atoms with Crippen LogP contribution in [0.25, 0.3) is 0 Å². The summed E-state index contributed by atoms with van der Waals surface area (Å²) >= 11 is 0. The Morgan fingerprint density at radius 1 is 1.15 bits per heavy atom. The smallest absolute Gasteiger partial charge is 0.0858 e. The first-order valence-electron chi connectivity index (χ1n) is 5.30. The summed E-state index contributed by atoms with van der Waals surface area (Å²) in [5.74, 6) is 0.736. The Kier molecular flexibility index (Phi) is 5.57. The topological polar surface area (TPSA) is 20.2 Å². The largest absolute Gasteiger partial charge is 0.396 e. The first-order valence-corrected chi connectivity index (χ1v) is 5.30. The zero-order valence-electron chi connectivity index (χ0n) is 9.88. The first kappa shape index (κ1) is 12.9. The van der Waals surface area contributed by atoms with Crippen molar-refractivity contribution in [3.05, 3.63) is 0 Å². The maximum absolute atomic E-state index is 8.71. The highest BCUT2D eigenvalue weighted by molar-refractivity contribution is 4.58. The Labute approximate surface area is 83.2 Å². The number of hydrogen-bond acceptors (Lipinski definition) is 1. The van der Waals surface area contributed by atoms with Gasteiger partial charge in [-0.3, -0.25) is 0 Å². The summed E-state index contributed by atoms with van der Waals surface area (Å²) < 4.78 is 1.03. The van der Waals surface area contributed by atoms with Crippen LogP contribution < -0.4 is 0 Å². The van der Waals surface area contributed by atoms with Crippen LogP contribution in [0.15, 0.2) is 0 Å². The monoisotopic (exact) mass is 188 g/mol. The quantitative estimate of drug-likeness (QED) is 0.631. The van der Waals surface area contributed by atoms with E-state index in [-0.39, 0.29) is 0 Å². The molecule has 0 fully saturated rings.